The van der Waals surface area contributed by atoms with Crippen molar-refractivity contribution < 1.29 is 19.2 Å². The van der Waals surface area contributed by atoms with Crippen LogP contribution in [0, 0.1) is 23.2 Å². The zero-order valence-corrected chi connectivity index (χ0v) is 17.0. The second kappa shape index (κ2) is 9.98. The number of Topliss-reactive ketones (excluding diaryl/α,β-unsaturated/α-hetero) is 3. The van der Waals surface area contributed by atoms with Crippen LogP contribution in [-0.2, 0) is 19.2 Å². The van der Waals surface area contributed by atoms with Crippen molar-refractivity contribution in [3.05, 3.63) is 0 Å². The number of amides is 1. The molecule has 5 nitrogen and oxygen atoms in total. The average molecular weight is 366 g/mol. The quantitative estimate of drug-likeness (QED) is 0.424. The Morgan fingerprint density at radius 2 is 1.54 bits per heavy atom. The highest BCUT2D eigenvalue weighted by atomic mass is 16.2. The van der Waals surface area contributed by atoms with Crippen molar-refractivity contribution in [1.29, 1.82) is 0 Å². The average Bonchev–Trinajstić information content (AvgIpc) is 2.47. The molecule has 0 radical (unpaired) electrons. The highest BCUT2D eigenvalue weighted by Crippen LogP contribution is 2.45. The van der Waals surface area contributed by atoms with E-state index in [1.807, 2.05) is 27.7 Å². The summed E-state index contributed by atoms with van der Waals surface area (Å²) in [4.78, 5) is 49.2. The van der Waals surface area contributed by atoms with Crippen LogP contribution in [0.3, 0.4) is 0 Å². The fourth-order valence-corrected chi connectivity index (χ4v) is 3.66. The van der Waals surface area contributed by atoms with Crippen molar-refractivity contribution in [2.75, 3.05) is 6.54 Å². The molecule has 1 aliphatic carbocycles. The van der Waals surface area contributed by atoms with Crippen LogP contribution >= 0.6 is 0 Å². The third kappa shape index (κ3) is 6.03. The number of hydrogen-bond donors (Lipinski definition) is 1. The second-order valence-corrected chi connectivity index (χ2v) is 8.46. The Morgan fingerprint density at radius 1 is 0.962 bits per heavy atom. The van der Waals surface area contributed by atoms with Crippen molar-refractivity contribution in [3.63, 3.8) is 0 Å². The second-order valence-electron chi connectivity index (χ2n) is 8.46. The van der Waals surface area contributed by atoms with E-state index in [0.29, 0.717) is 38.6 Å². The van der Waals surface area contributed by atoms with Crippen molar-refractivity contribution >= 4 is 23.3 Å². The molecule has 1 fully saturated rings. The third-order valence-corrected chi connectivity index (χ3v) is 5.37. The molecule has 148 valence electrons. The van der Waals surface area contributed by atoms with Crippen LogP contribution in [0.15, 0.2) is 0 Å². The maximum absolute atomic E-state index is 13.0. The van der Waals surface area contributed by atoms with E-state index >= 15 is 0 Å². The van der Waals surface area contributed by atoms with Gasteiger partial charge >= 0.3 is 0 Å². The van der Waals surface area contributed by atoms with Gasteiger partial charge in [0.2, 0.25) is 5.91 Å². The maximum atomic E-state index is 13.0. The van der Waals surface area contributed by atoms with Gasteiger partial charge in [0.25, 0.3) is 0 Å². The number of rotatable bonds is 12. The highest BCUT2D eigenvalue weighted by Gasteiger charge is 2.50. The Balaban J connectivity index is 2.77. The monoisotopic (exact) mass is 365 g/mol. The predicted octanol–water partition coefficient (Wildman–Crippen LogP) is 3.49. The first-order valence-electron chi connectivity index (χ1n) is 9.95. The minimum absolute atomic E-state index is 0.0482. The zero-order chi connectivity index (χ0) is 19.9. The van der Waals surface area contributed by atoms with Crippen molar-refractivity contribution in [1.82, 2.24) is 5.32 Å². The molecule has 0 saturated heterocycles. The van der Waals surface area contributed by atoms with E-state index in [1.54, 1.807) is 0 Å². The van der Waals surface area contributed by atoms with Gasteiger partial charge in [-0.15, -0.1) is 0 Å². The van der Waals surface area contributed by atoms with Crippen LogP contribution < -0.4 is 5.32 Å². The number of nitrogens with one attached hydrogen (secondary N) is 1. The molecule has 1 amide bonds. The summed E-state index contributed by atoms with van der Waals surface area (Å²) in [5.41, 5.74) is -0.836. The molecule has 1 aliphatic rings. The lowest BCUT2D eigenvalue weighted by Gasteiger charge is -2.40. The van der Waals surface area contributed by atoms with Crippen molar-refractivity contribution in [3.8, 4) is 0 Å². The Kier molecular flexibility index (Phi) is 8.65. The molecule has 0 aromatic rings. The molecule has 0 spiro atoms. The van der Waals surface area contributed by atoms with Crippen LogP contribution in [-0.4, -0.2) is 29.8 Å². The molecule has 0 aliphatic heterocycles. The topological polar surface area (TPSA) is 80.3 Å². The molecule has 1 atom stereocenters. The van der Waals surface area contributed by atoms with E-state index < -0.39 is 5.41 Å². The van der Waals surface area contributed by atoms with Crippen LogP contribution in [0.4, 0.5) is 0 Å². The largest absolute Gasteiger partial charge is 0.356 e. The lowest BCUT2D eigenvalue weighted by atomic mass is 9.60. The molecule has 0 aromatic heterocycles. The Hall–Kier alpha value is -1.52. The Morgan fingerprint density at radius 3 is 1.96 bits per heavy atom. The number of ketones is 3. The van der Waals surface area contributed by atoms with Crippen LogP contribution in [0.1, 0.15) is 79.6 Å². The van der Waals surface area contributed by atoms with E-state index in [1.165, 1.54) is 6.92 Å². The summed E-state index contributed by atoms with van der Waals surface area (Å²) >= 11 is 0. The molecule has 1 unspecified atom stereocenters. The summed E-state index contributed by atoms with van der Waals surface area (Å²) in [5, 5.41) is 2.73. The van der Waals surface area contributed by atoms with Gasteiger partial charge in [-0.25, -0.2) is 0 Å². The fourth-order valence-electron chi connectivity index (χ4n) is 3.66. The summed E-state index contributed by atoms with van der Waals surface area (Å²) in [6.07, 6.45) is 3.97. The van der Waals surface area contributed by atoms with Crippen molar-refractivity contribution in [2.24, 2.45) is 23.2 Å². The summed E-state index contributed by atoms with van der Waals surface area (Å²) < 4.78 is 0. The van der Waals surface area contributed by atoms with Crippen molar-refractivity contribution in [2.45, 2.75) is 79.6 Å². The van der Waals surface area contributed by atoms with Gasteiger partial charge in [0, 0.05) is 38.1 Å². The van der Waals surface area contributed by atoms with Crippen LogP contribution in [0.25, 0.3) is 0 Å². The zero-order valence-electron chi connectivity index (χ0n) is 17.0. The molecular weight excluding hydrogens is 330 g/mol. The molecule has 1 rings (SSSR count). The smallest absolute Gasteiger partial charge is 0.216 e. The maximum Gasteiger partial charge on any atom is 0.216 e. The van der Waals surface area contributed by atoms with E-state index in [2.05, 4.69) is 5.32 Å². The molecule has 1 saturated carbocycles. The standard InChI is InChI=1S/C21H35NO4/c1-14(2)12-18(24)21(9-7-10-21)19(25)13-17(20(26)15(3)4)8-6-11-22-16(5)23/h14-15,17H,6-13H2,1-5H3,(H,22,23). The van der Waals surface area contributed by atoms with Gasteiger partial charge in [0.1, 0.15) is 17.3 Å². The van der Waals surface area contributed by atoms with E-state index in [-0.39, 0.29) is 47.4 Å². The summed E-state index contributed by atoms with van der Waals surface area (Å²) in [6.45, 7) is 9.63. The van der Waals surface area contributed by atoms with Gasteiger partial charge in [0.15, 0.2) is 0 Å². The molecule has 0 aromatic carbocycles. The normalized spacial score (nSPS) is 16.9. The molecule has 0 heterocycles. The molecule has 1 N–H and O–H groups in total. The van der Waals surface area contributed by atoms with E-state index in [0.717, 1.165) is 6.42 Å². The Bertz CT molecular complexity index is 532. The lowest BCUT2D eigenvalue weighted by Crippen LogP contribution is -2.46. The van der Waals surface area contributed by atoms with Gasteiger partial charge in [0.05, 0.1) is 5.41 Å². The van der Waals surface area contributed by atoms with E-state index in [4.69, 9.17) is 0 Å². The van der Waals surface area contributed by atoms with Gasteiger partial charge in [-0.3, -0.25) is 19.2 Å². The van der Waals surface area contributed by atoms with Gasteiger partial charge in [-0.05, 0) is 31.6 Å². The van der Waals surface area contributed by atoms with Gasteiger partial charge in [-0.1, -0.05) is 34.1 Å². The summed E-state index contributed by atoms with van der Waals surface area (Å²) in [5.74, 6) is -0.283. The first-order chi connectivity index (χ1) is 12.1. The van der Waals surface area contributed by atoms with Gasteiger partial charge < -0.3 is 5.32 Å². The summed E-state index contributed by atoms with van der Waals surface area (Å²) in [7, 11) is 0. The number of carbonyl (C=O) groups is 4. The SMILES string of the molecule is CC(=O)NCCCC(CC(=O)C1(C(=O)CC(C)C)CCC1)C(=O)C(C)C. The summed E-state index contributed by atoms with van der Waals surface area (Å²) in [6, 6.07) is 0. The fraction of sp³-hybridized carbons (Fsp3) is 0.810. The predicted molar refractivity (Wildman–Crippen MR) is 102 cm³/mol. The van der Waals surface area contributed by atoms with E-state index in [9.17, 15) is 19.2 Å². The number of carbonyl (C=O) groups excluding carboxylic acids is 4. The number of hydrogen-bond acceptors (Lipinski definition) is 4. The minimum atomic E-state index is -0.836. The molecular formula is C21H35NO4. The highest BCUT2D eigenvalue weighted by molar-refractivity contribution is 6.08. The third-order valence-electron chi connectivity index (χ3n) is 5.37. The van der Waals surface area contributed by atoms with Gasteiger partial charge in [-0.2, -0.15) is 0 Å². The lowest BCUT2D eigenvalue weighted by molar-refractivity contribution is -0.149. The van der Waals surface area contributed by atoms with Crippen LogP contribution in [0.2, 0.25) is 0 Å². The Labute approximate surface area is 157 Å². The minimum Gasteiger partial charge on any atom is -0.356 e. The molecule has 26 heavy (non-hydrogen) atoms. The first kappa shape index (κ1) is 22.5. The molecule has 5 heteroatoms. The van der Waals surface area contributed by atoms with Crippen LogP contribution in [0.5, 0.6) is 0 Å². The first-order valence-corrected chi connectivity index (χ1v) is 9.95. The molecule has 0 bridgehead atoms.